The van der Waals surface area contributed by atoms with Gasteiger partial charge in [0.25, 0.3) is 0 Å². The van der Waals surface area contributed by atoms with E-state index in [4.69, 9.17) is 4.74 Å². The molecule has 2 heterocycles. The minimum atomic E-state index is -1.00. The normalized spacial score (nSPS) is 16.0. The number of amides is 2. The Hall–Kier alpha value is -2.67. The number of aryl methyl sites for hydroxylation is 1. The van der Waals surface area contributed by atoms with E-state index in [2.05, 4.69) is 10.3 Å². The maximum absolute atomic E-state index is 13.5. The Morgan fingerprint density at radius 2 is 2.04 bits per heavy atom. The minimum absolute atomic E-state index is 0.167. The lowest BCUT2D eigenvalue weighted by molar-refractivity contribution is -0.0204. The predicted octanol–water partition coefficient (Wildman–Crippen LogP) is 2.60. The van der Waals surface area contributed by atoms with Crippen LogP contribution < -0.4 is 10.1 Å². The van der Waals surface area contributed by atoms with Gasteiger partial charge in [-0.25, -0.2) is 9.18 Å². The zero-order chi connectivity index (χ0) is 19.3. The van der Waals surface area contributed by atoms with Crippen molar-refractivity contribution in [3.05, 3.63) is 59.7 Å². The molecule has 2 amide bonds. The number of benzene rings is 1. The molecule has 1 saturated heterocycles. The van der Waals surface area contributed by atoms with Gasteiger partial charge in [0, 0.05) is 19.3 Å². The van der Waals surface area contributed by atoms with Crippen LogP contribution in [0.15, 0.2) is 42.6 Å². The average Bonchev–Trinajstić information content (AvgIpc) is 2.67. The molecule has 144 valence electrons. The zero-order valence-electron chi connectivity index (χ0n) is 15.3. The molecule has 0 spiro atoms. The standard InChI is InChI=1S/C20H24FN3O3/c1-15-6-7-18(23-14-15)20(26)8-11-24(12-9-20)19(25)22-10-13-27-17-5-3-2-4-16(17)21/h2-7,14,26H,8-13H2,1H3,(H,22,25). The monoisotopic (exact) mass is 373 g/mol. The van der Waals surface area contributed by atoms with E-state index in [0.29, 0.717) is 31.6 Å². The molecular formula is C20H24FN3O3. The summed E-state index contributed by atoms with van der Waals surface area (Å²) >= 11 is 0. The summed E-state index contributed by atoms with van der Waals surface area (Å²) in [6, 6.07) is 9.70. The first-order valence-corrected chi connectivity index (χ1v) is 9.03. The summed E-state index contributed by atoms with van der Waals surface area (Å²) in [6.45, 7) is 3.27. The summed E-state index contributed by atoms with van der Waals surface area (Å²) in [6.07, 6.45) is 2.60. The van der Waals surface area contributed by atoms with Gasteiger partial charge in [0.1, 0.15) is 12.2 Å². The highest BCUT2D eigenvalue weighted by atomic mass is 19.1. The predicted molar refractivity (Wildman–Crippen MR) is 99.0 cm³/mol. The van der Waals surface area contributed by atoms with Crippen molar-refractivity contribution in [3.63, 3.8) is 0 Å². The van der Waals surface area contributed by atoms with E-state index in [1.54, 1.807) is 29.3 Å². The first-order valence-electron chi connectivity index (χ1n) is 9.03. The number of ether oxygens (including phenoxy) is 1. The van der Waals surface area contributed by atoms with E-state index in [9.17, 15) is 14.3 Å². The first-order chi connectivity index (χ1) is 13.0. The molecule has 0 saturated carbocycles. The third-order valence-corrected chi connectivity index (χ3v) is 4.74. The summed E-state index contributed by atoms with van der Waals surface area (Å²) in [5.41, 5.74) is 0.682. The highest BCUT2D eigenvalue weighted by molar-refractivity contribution is 5.74. The lowest BCUT2D eigenvalue weighted by atomic mass is 9.87. The van der Waals surface area contributed by atoms with E-state index < -0.39 is 11.4 Å². The van der Waals surface area contributed by atoms with E-state index in [0.717, 1.165) is 5.56 Å². The maximum Gasteiger partial charge on any atom is 0.317 e. The molecule has 0 unspecified atom stereocenters. The van der Waals surface area contributed by atoms with E-state index in [1.807, 2.05) is 19.1 Å². The van der Waals surface area contributed by atoms with Crippen LogP contribution in [0.25, 0.3) is 0 Å². The topological polar surface area (TPSA) is 74.7 Å². The van der Waals surface area contributed by atoms with Crippen molar-refractivity contribution in [2.45, 2.75) is 25.4 Å². The lowest BCUT2D eigenvalue weighted by Crippen LogP contribution is -2.49. The van der Waals surface area contributed by atoms with Crippen LogP contribution in [0.1, 0.15) is 24.1 Å². The number of para-hydroxylation sites is 1. The molecule has 27 heavy (non-hydrogen) atoms. The van der Waals surface area contributed by atoms with Crippen molar-refractivity contribution in [1.82, 2.24) is 15.2 Å². The summed E-state index contributed by atoms with van der Waals surface area (Å²) in [4.78, 5) is 18.2. The number of rotatable bonds is 5. The number of likely N-dealkylation sites (tertiary alicyclic amines) is 1. The second-order valence-corrected chi connectivity index (χ2v) is 6.75. The molecule has 1 aliphatic rings. The third kappa shape index (κ3) is 4.74. The van der Waals surface area contributed by atoms with Crippen LogP contribution in [0.5, 0.6) is 5.75 Å². The summed E-state index contributed by atoms with van der Waals surface area (Å²) in [5, 5.41) is 13.6. The van der Waals surface area contributed by atoms with Crippen LogP contribution in [0, 0.1) is 12.7 Å². The summed E-state index contributed by atoms with van der Waals surface area (Å²) in [7, 11) is 0. The van der Waals surface area contributed by atoms with Crippen LogP contribution in [0.4, 0.5) is 9.18 Å². The molecule has 2 aromatic rings. The largest absolute Gasteiger partial charge is 0.489 e. The second kappa shape index (κ2) is 8.35. The fourth-order valence-electron chi connectivity index (χ4n) is 3.07. The van der Waals surface area contributed by atoms with Gasteiger partial charge in [-0.1, -0.05) is 18.2 Å². The van der Waals surface area contributed by atoms with Crippen LogP contribution in [0.2, 0.25) is 0 Å². The van der Waals surface area contributed by atoms with Gasteiger partial charge in [0.2, 0.25) is 0 Å². The highest BCUT2D eigenvalue weighted by Crippen LogP contribution is 2.31. The van der Waals surface area contributed by atoms with Gasteiger partial charge in [-0.2, -0.15) is 0 Å². The Morgan fingerprint density at radius 3 is 2.70 bits per heavy atom. The number of nitrogens with zero attached hydrogens (tertiary/aromatic N) is 2. The van der Waals surface area contributed by atoms with Gasteiger partial charge in [0.15, 0.2) is 11.6 Å². The Bertz CT molecular complexity index is 774. The molecule has 0 bridgehead atoms. The lowest BCUT2D eigenvalue weighted by Gasteiger charge is -2.37. The molecule has 6 nitrogen and oxygen atoms in total. The Labute approximate surface area is 158 Å². The minimum Gasteiger partial charge on any atom is -0.489 e. The van der Waals surface area contributed by atoms with Gasteiger partial charge >= 0.3 is 6.03 Å². The molecule has 2 N–H and O–H groups in total. The number of nitrogens with one attached hydrogen (secondary N) is 1. The van der Waals surface area contributed by atoms with Gasteiger partial charge in [-0.15, -0.1) is 0 Å². The maximum atomic E-state index is 13.5. The number of piperidine rings is 1. The fourth-order valence-corrected chi connectivity index (χ4v) is 3.07. The van der Waals surface area contributed by atoms with Gasteiger partial charge in [-0.05, 0) is 43.5 Å². The Balaban J connectivity index is 1.43. The van der Waals surface area contributed by atoms with Crippen molar-refractivity contribution in [3.8, 4) is 5.75 Å². The number of pyridine rings is 1. The van der Waals surface area contributed by atoms with Gasteiger partial charge in [0.05, 0.1) is 12.2 Å². The van der Waals surface area contributed by atoms with Crippen LogP contribution in [-0.4, -0.2) is 47.3 Å². The zero-order valence-corrected chi connectivity index (χ0v) is 15.3. The molecule has 3 rings (SSSR count). The summed E-state index contributed by atoms with van der Waals surface area (Å²) in [5.74, 6) is -0.260. The number of carbonyl (C=O) groups is 1. The molecule has 0 aliphatic carbocycles. The third-order valence-electron chi connectivity index (χ3n) is 4.74. The first kappa shape index (κ1) is 19.1. The smallest absolute Gasteiger partial charge is 0.317 e. The number of aliphatic hydroxyl groups is 1. The van der Waals surface area contributed by atoms with Crippen molar-refractivity contribution >= 4 is 6.03 Å². The molecule has 1 aliphatic heterocycles. The number of carbonyl (C=O) groups excluding carboxylic acids is 1. The van der Waals surface area contributed by atoms with Gasteiger partial charge < -0.3 is 20.1 Å². The molecular weight excluding hydrogens is 349 g/mol. The Morgan fingerprint density at radius 1 is 1.30 bits per heavy atom. The average molecular weight is 373 g/mol. The number of hydrogen-bond acceptors (Lipinski definition) is 4. The van der Waals surface area contributed by atoms with Crippen LogP contribution in [0.3, 0.4) is 0 Å². The van der Waals surface area contributed by atoms with E-state index >= 15 is 0 Å². The molecule has 1 aromatic carbocycles. The van der Waals surface area contributed by atoms with Crippen LogP contribution in [-0.2, 0) is 5.60 Å². The van der Waals surface area contributed by atoms with Crippen molar-refractivity contribution in [2.75, 3.05) is 26.2 Å². The fraction of sp³-hybridized carbons (Fsp3) is 0.400. The number of urea groups is 1. The molecule has 1 aromatic heterocycles. The SMILES string of the molecule is Cc1ccc(C2(O)CCN(C(=O)NCCOc3ccccc3F)CC2)nc1. The number of halogens is 1. The van der Waals surface area contributed by atoms with Gasteiger partial charge in [-0.3, -0.25) is 4.98 Å². The highest BCUT2D eigenvalue weighted by Gasteiger charge is 2.36. The number of hydrogen-bond donors (Lipinski definition) is 2. The molecule has 0 radical (unpaired) electrons. The Kier molecular flexibility index (Phi) is 5.91. The van der Waals surface area contributed by atoms with E-state index in [1.165, 1.54) is 6.07 Å². The molecule has 0 atom stereocenters. The second-order valence-electron chi connectivity index (χ2n) is 6.75. The number of aromatic nitrogens is 1. The van der Waals surface area contributed by atoms with Crippen molar-refractivity contribution < 1.29 is 19.0 Å². The molecule has 1 fully saturated rings. The molecule has 7 heteroatoms. The quantitative estimate of drug-likeness (QED) is 0.790. The van der Waals surface area contributed by atoms with Crippen molar-refractivity contribution in [2.24, 2.45) is 0 Å². The van der Waals surface area contributed by atoms with E-state index in [-0.39, 0.29) is 24.9 Å². The van der Waals surface area contributed by atoms with Crippen LogP contribution >= 0.6 is 0 Å². The van der Waals surface area contributed by atoms with Crippen molar-refractivity contribution in [1.29, 1.82) is 0 Å². The summed E-state index contributed by atoms with van der Waals surface area (Å²) < 4.78 is 18.8.